The Hall–Kier alpha value is -1.63. The van der Waals surface area contributed by atoms with E-state index in [0.29, 0.717) is 17.3 Å². The summed E-state index contributed by atoms with van der Waals surface area (Å²) in [7, 11) is 0. The van der Waals surface area contributed by atoms with Crippen molar-refractivity contribution in [1.82, 2.24) is 5.32 Å². The first kappa shape index (κ1) is 16.2. The Morgan fingerprint density at radius 3 is 2.78 bits per heavy atom. The number of hydrogen-bond acceptors (Lipinski definition) is 4. The van der Waals surface area contributed by atoms with E-state index in [2.05, 4.69) is 10.6 Å². The van der Waals surface area contributed by atoms with Gasteiger partial charge in [0.2, 0.25) is 0 Å². The van der Waals surface area contributed by atoms with Crippen LogP contribution >= 0.6 is 11.6 Å². The summed E-state index contributed by atoms with van der Waals surface area (Å²) < 4.78 is 11.6. The SMILES string of the molecule is O=C(NCC1COC2(CCCC2)O1)C(=O)Nc1cccc(Cl)c1. The molecule has 1 aromatic carbocycles. The van der Waals surface area contributed by atoms with Gasteiger partial charge >= 0.3 is 11.8 Å². The summed E-state index contributed by atoms with van der Waals surface area (Å²) in [6.07, 6.45) is 3.78. The molecule has 6 nitrogen and oxygen atoms in total. The number of halogens is 1. The molecule has 0 aromatic heterocycles. The van der Waals surface area contributed by atoms with Gasteiger partial charge in [-0.3, -0.25) is 9.59 Å². The summed E-state index contributed by atoms with van der Waals surface area (Å²) in [4.78, 5) is 23.7. The normalized spacial score (nSPS) is 22.2. The number of amides is 2. The molecular weight excluding hydrogens is 320 g/mol. The van der Waals surface area contributed by atoms with Crippen molar-refractivity contribution >= 4 is 29.1 Å². The number of carbonyl (C=O) groups excluding carboxylic acids is 2. The van der Waals surface area contributed by atoms with Crippen molar-refractivity contribution in [3.05, 3.63) is 29.3 Å². The van der Waals surface area contributed by atoms with Gasteiger partial charge in [-0.05, 0) is 31.0 Å². The minimum atomic E-state index is -0.734. The second kappa shape index (κ2) is 6.86. The molecule has 2 N–H and O–H groups in total. The van der Waals surface area contributed by atoms with E-state index in [4.69, 9.17) is 21.1 Å². The van der Waals surface area contributed by atoms with Crippen LogP contribution in [-0.2, 0) is 19.1 Å². The van der Waals surface area contributed by atoms with Crippen molar-refractivity contribution < 1.29 is 19.1 Å². The van der Waals surface area contributed by atoms with Crippen molar-refractivity contribution in [3.63, 3.8) is 0 Å². The van der Waals surface area contributed by atoms with Crippen molar-refractivity contribution in [1.29, 1.82) is 0 Å². The van der Waals surface area contributed by atoms with E-state index in [1.807, 2.05) is 0 Å². The molecule has 1 aromatic rings. The van der Waals surface area contributed by atoms with Crippen LogP contribution in [-0.4, -0.2) is 36.9 Å². The van der Waals surface area contributed by atoms with Gasteiger partial charge in [0.25, 0.3) is 0 Å². The maximum absolute atomic E-state index is 11.8. The number of hydrogen-bond donors (Lipinski definition) is 2. The third kappa shape index (κ3) is 4.02. The molecule has 1 saturated carbocycles. The number of anilines is 1. The Balaban J connectivity index is 1.45. The number of nitrogens with one attached hydrogen (secondary N) is 2. The standard InChI is InChI=1S/C16H19ClN2O4/c17-11-4-3-5-12(8-11)19-15(21)14(20)18-9-13-10-22-16(23-13)6-1-2-7-16/h3-5,8,13H,1-2,6-7,9-10H2,(H,18,20)(H,19,21). The van der Waals surface area contributed by atoms with Gasteiger partial charge in [0.15, 0.2) is 5.79 Å². The predicted molar refractivity (Wildman–Crippen MR) is 85.1 cm³/mol. The smallest absolute Gasteiger partial charge is 0.313 e. The zero-order valence-electron chi connectivity index (χ0n) is 12.6. The van der Waals surface area contributed by atoms with E-state index in [1.54, 1.807) is 24.3 Å². The maximum Gasteiger partial charge on any atom is 0.313 e. The topological polar surface area (TPSA) is 76.7 Å². The van der Waals surface area contributed by atoms with Gasteiger partial charge in [0.1, 0.15) is 6.10 Å². The minimum Gasteiger partial charge on any atom is -0.347 e. The van der Waals surface area contributed by atoms with Crippen LogP contribution in [0.25, 0.3) is 0 Å². The highest BCUT2D eigenvalue weighted by molar-refractivity contribution is 6.39. The van der Waals surface area contributed by atoms with Crippen LogP contribution in [0, 0.1) is 0 Å². The second-order valence-corrected chi connectivity index (χ2v) is 6.28. The third-order valence-corrected chi connectivity index (χ3v) is 4.29. The molecule has 3 rings (SSSR count). The fourth-order valence-corrected chi connectivity index (χ4v) is 3.12. The van der Waals surface area contributed by atoms with Crippen LogP contribution in [0.15, 0.2) is 24.3 Å². The molecule has 1 aliphatic carbocycles. The van der Waals surface area contributed by atoms with Crippen LogP contribution < -0.4 is 10.6 Å². The Labute approximate surface area is 139 Å². The van der Waals surface area contributed by atoms with Crippen molar-refractivity contribution in [2.24, 2.45) is 0 Å². The van der Waals surface area contributed by atoms with Crippen molar-refractivity contribution in [2.45, 2.75) is 37.6 Å². The van der Waals surface area contributed by atoms with Crippen LogP contribution in [0.1, 0.15) is 25.7 Å². The lowest BCUT2D eigenvalue weighted by Gasteiger charge is -2.21. The summed E-state index contributed by atoms with van der Waals surface area (Å²) in [6, 6.07) is 6.62. The van der Waals surface area contributed by atoms with E-state index in [0.717, 1.165) is 25.7 Å². The van der Waals surface area contributed by atoms with E-state index < -0.39 is 17.6 Å². The van der Waals surface area contributed by atoms with Crippen molar-refractivity contribution in [3.8, 4) is 0 Å². The molecule has 1 unspecified atom stereocenters. The molecule has 1 aliphatic heterocycles. The molecule has 1 saturated heterocycles. The lowest BCUT2D eigenvalue weighted by atomic mass is 10.2. The van der Waals surface area contributed by atoms with Gasteiger partial charge in [-0.25, -0.2) is 0 Å². The summed E-state index contributed by atoms with van der Waals surface area (Å²) >= 11 is 5.83. The Morgan fingerprint density at radius 1 is 1.26 bits per heavy atom. The fraction of sp³-hybridized carbons (Fsp3) is 0.500. The van der Waals surface area contributed by atoms with Crippen LogP contribution in [0.4, 0.5) is 5.69 Å². The van der Waals surface area contributed by atoms with E-state index >= 15 is 0 Å². The van der Waals surface area contributed by atoms with Gasteiger partial charge in [0, 0.05) is 30.1 Å². The lowest BCUT2D eigenvalue weighted by molar-refractivity contribution is -0.161. The van der Waals surface area contributed by atoms with Gasteiger partial charge in [0.05, 0.1) is 6.61 Å². The highest BCUT2D eigenvalue weighted by Crippen LogP contribution is 2.38. The summed E-state index contributed by atoms with van der Waals surface area (Å²) in [6.45, 7) is 0.694. The largest absolute Gasteiger partial charge is 0.347 e. The second-order valence-electron chi connectivity index (χ2n) is 5.84. The molecule has 0 bridgehead atoms. The molecule has 23 heavy (non-hydrogen) atoms. The zero-order valence-corrected chi connectivity index (χ0v) is 13.4. The molecule has 1 atom stereocenters. The molecule has 2 amide bonds. The summed E-state index contributed by atoms with van der Waals surface area (Å²) in [5.41, 5.74) is 0.475. The summed E-state index contributed by atoms with van der Waals surface area (Å²) in [5.74, 6) is -1.90. The highest BCUT2D eigenvalue weighted by Gasteiger charge is 2.43. The predicted octanol–water partition coefficient (Wildman–Crippen LogP) is 2.08. The zero-order chi connectivity index (χ0) is 16.3. The van der Waals surface area contributed by atoms with Crippen LogP contribution in [0.2, 0.25) is 5.02 Å². The molecule has 2 aliphatic rings. The monoisotopic (exact) mass is 338 g/mol. The molecule has 1 spiro atoms. The minimum absolute atomic E-state index is 0.212. The quantitative estimate of drug-likeness (QED) is 0.827. The average Bonchev–Trinajstić information content (AvgIpc) is 3.15. The molecule has 124 valence electrons. The molecule has 1 heterocycles. The molecule has 0 radical (unpaired) electrons. The Bertz CT molecular complexity index is 601. The molecule has 2 fully saturated rings. The van der Waals surface area contributed by atoms with Gasteiger partial charge in [-0.1, -0.05) is 17.7 Å². The van der Waals surface area contributed by atoms with E-state index in [9.17, 15) is 9.59 Å². The Kier molecular flexibility index (Phi) is 4.84. The first-order valence-electron chi connectivity index (χ1n) is 7.73. The number of rotatable bonds is 3. The van der Waals surface area contributed by atoms with Gasteiger partial charge < -0.3 is 20.1 Å². The number of ether oxygens (including phenoxy) is 2. The highest BCUT2D eigenvalue weighted by atomic mass is 35.5. The fourth-order valence-electron chi connectivity index (χ4n) is 2.93. The molecular formula is C16H19ClN2O4. The molecule has 7 heteroatoms. The van der Waals surface area contributed by atoms with Crippen molar-refractivity contribution in [2.75, 3.05) is 18.5 Å². The number of carbonyl (C=O) groups is 2. The van der Waals surface area contributed by atoms with Gasteiger partial charge in [-0.15, -0.1) is 0 Å². The summed E-state index contributed by atoms with van der Waals surface area (Å²) in [5, 5.41) is 5.56. The van der Waals surface area contributed by atoms with Gasteiger partial charge in [-0.2, -0.15) is 0 Å². The first-order valence-corrected chi connectivity index (χ1v) is 8.11. The van der Waals surface area contributed by atoms with Crippen LogP contribution in [0.5, 0.6) is 0 Å². The van der Waals surface area contributed by atoms with Crippen LogP contribution in [0.3, 0.4) is 0 Å². The first-order chi connectivity index (χ1) is 11.1. The van der Waals surface area contributed by atoms with E-state index in [-0.39, 0.29) is 12.6 Å². The lowest BCUT2D eigenvalue weighted by Crippen LogP contribution is -2.40. The van der Waals surface area contributed by atoms with E-state index in [1.165, 1.54) is 0 Å². The average molecular weight is 339 g/mol. The Morgan fingerprint density at radius 2 is 2.04 bits per heavy atom. The third-order valence-electron chi connectivity index (χ3n) is 4.06. The number of benzene rings is 1. The maximum atomic E-state index is 11.8.